The fourth-order valence-electron chi connectivity index (χ4n) is 1.51. The quantitative estimate of drug-likeness (QED) is 0.662. The molecule has 0 saturated carbocycles. The van der Waals surface area contributed by atoms with Crippen LogP contribution in [0.4, 0.5) is 0 Å². The van der Waals surface area contributed by atoms with Crippen molar-refractivity contribution in [3.05, 3.63) is 40.4 Å². The largest absolute Gasteiger partial charge is 0.212 e. The van der Waals surface area contributed by atoms with Crippen LogP contribution in [0.15, 0.2) is 29.6 Å². The first kappa shape index (κ1) is 9.81. The molecule has 5 heteroatoms. The molecular formula is C11H8ClN3S. The number of benzene rings is 1. The van der Waals surface area contributed by atoms with Crippen LogP contribution in [-0.4, -0.2) is 14.6 Å². The van der Waals surface area contributed by atoms with Crippen LogP contribution < -0.4 is 0 Å². The van der Waals surface area contributed by atoms with Crippen LogP contribution in [-0.2, 0) is 0 Å². The summed E-state index contributed by atoms with van der Waals surface area (Å²) < 4.78 is 1.86. The molecule has 0 aliphatic heterocycles. The number of nitrogens with zero attached hydrogens (tertiary/aromatic N) is 3. The summed E-state index contributed by atoms with van der Waals surface area (Å²) in [5.41, 5.74) is 2.09. The minimum absolute atomic E-state index is 0.723. The summed E-state index contributed by atoms with van der Waals surface area (Å²) in [6.07, 6.45) is 0. The first-order valence-electron chi connectivity index (χ1n) is 4.81. The van der Waals surface area contributed by atoms with Gasteiger partial charge in [-0.1, -0.05) is 11.6 Å². The highest BCUT2D eigenvalue weighted by atomic mass is 35.5. The maximum Gasteiger partial charge on any atom is 0.212 e. The molecule has 3 rings (SSSR count). The van der Waals surface area contributed by atoms with E-state index in [4.69, 9.17) is 11.6 Å². The fraction of sp³-hybridized carbons (Fsp3) is 0.0909. The van der Waals surface area contributed by atoms with E-state index in [0.717, 1.165) is 27.1 Å². The van der Waals surface area contributed by atoms with Gasteiger partial charge in [0.2, 0.25) is 4.96 Å². The molecule has 0 radical (unpaired) electrons. The molecule has 0 fully saturated rings. The summed E-state index contributed by atoms with van der Waals surface area (Å²) in [5, 5.41) is 7.21. The van der Waals surface area contributed by atoms with E-state index in [-0.39, 0.29) is 0 Å². The Labute approximate surface area is 101 Å². The number of thiazole rings is 1. The predicted molar refractivity (Wildman–Crippen MR) is 66.0 cm³/mol. The zero-order valence-electron chi connectivity index (χ0n) is 8.51. The summed E-state index contributed by atoms with van der Waals surface area (Å²) in [4.78, 5) is 5.38. The van der Waals surface area contributed by atoms with Gasteiger partial charge in [-0.05, 0) is 31.2 Å². The molecular weight excluding hydrogens is 242 g/mol. The Balaban J connectivity index is 2.15. The molecule has 0 unspecified atom stereocenters. The van der Waals surface area contributed by atoms with Gasteiger partial charge in [0.15, 0.2) is 5.82 Å². The number of hydrogen-bond acceptors (Lipinski definition) is 3. The average Bonchev–Trinajstić information content (AvgIpc) is 2.83. The van der Waals surface area contributed by atoms with Gasteiger partial charge in [-0.2, -0.15) is 4.98 Å². The highest BCUT2D eigenvalue weighted by Crippen LogP contribution is 2.21. The molecule has 0 saturated heterocycles. The minimum Gasteiger partial charge on any atom is -0.208 e. The Hall–Kier alpha value is -1.39. The maximum absolute atomic E-state index is 5.84. The topological polar surface area (TPSA) is 30.2 Å². The van der Waals surface area contributed by atoms with Crippen LogP contribution in [0.1, 0.15) is 5.69 Å². The Bertz CT molecular complexity index is 639. The summed E-state index contributed by atoms with van der Waals surface area (Å²) in [5.74, 6) is 0.742. The number of fused-ring (bicyclic) bond motifs is 1. The lowest BCUT2D eigenvalue weighted by Gasteiger charge is -1.94. The molecule has 2 heterocycles. The van der Waals surface area contributed by atoms with E-state index in [2.05, 4.69) is 10.1 Å². The highest BCUT2D eigenvalue weighted by molar-refractivity contribution is 7.15. The van der Waals surface area contributed by atoms with Crippen molar-refractivity contribution in [2.75, 3.05) is 0 Å². The molecule has 3 aromatic rings. The van der Waals surface area contributed by atoms with Gasteiger partial charge in [0.1, 0.15) is 0 Å². The lowest BCUT2D eigenvalue weighted by Crippen LogP contribution is -1.86. The zero-order chi connectivity index (χ0) is 11.1. The van der Waals surface area contributed by atoms with Crippen molar-refractivity contribution in [3.8, 4) is 11.4 Å². The van der Waals surface area contributed by atoms with Gasteiger partial charge in [-0.15, -0.1) is 16.4 Å². The number of aryl methyl sites for hydroxylation is 1. The molecule has 16 heavy (non-hydrogen) atoms. The van der Waals surface area contributed by atoms with Crippen molar-refractivity contribution in [3.63, 3.8) is 0 Å². The molecule has 0 bridgehead atoms. The lowest BCUT2D eigenvalue weighted by atomic mass is 10.2. The molecule has 0 atom stereocenters. The van der Waals surface area contributed by atoms with Crippen molar-refractivity contribution in [2.45, 2.75) is 6.92 Å². The normalized spacial score (nSPS) is 11.1. The van der Waals surface area contributed by atoms with Gasteiger partial charge in [0.25, 0.3) is 0 Å². The van der Waals surface area contributed by atoms with Crippen molar-refractivity contribution in [2.24, 2.45) is 0 Å². The number of aromatic nitrogens is 3. The first-order valence-corrected chi connectivity index (χ1v) is 6.06. The second-order valence-corrected chi connectivity index (χ2v) is 4.79. The van der Waals surface area contributed by atoms with Gasteiger partial charge in [-0.3, -0.25) is 0 Å². The van der Waals surface area contributed by atoms with E-state index >= 15 is 0 Å². The number of halogens is 1. The van der Waals surface area contributed by atoms with Crippen LogP contribution >= 0.6 is 22.9 Å². The molecule has 80 valence electrons. The van der Waals surface area contributed by atoms with Gasteiger partial charge in [0.05, 0.1) is 5.69 Å². The molecule has 2 aromatic heterocycles. The molecule has 0 aliphatic carbocycles. The second kappa shape index (κ2) is 3.57. The summed E-state index contributed by atoms with van der Waals surface area (Å²) in [6, 6.07) is 7.55. The van der Waals surface area contributed by atoms with Gasteiger partial charge in [0, 0.05) is 16.0 Å². The smallest absolute Gasteiger partial charge is 0.208 e. The third-order valence-electron chi connectivity index (χ3n) is 2.35. The predicted octanol–water partition coefficient (Wildman–Crippen LogP) is 3.42. The van der Waals surface area contributed by atoms with Crippen LogP contribution in [0, 0.1) is 6.92 Å². The van der Waals surface area contributed by atoms with E-state index in [9.17, 15) is 0 Å². The average molecular weight is 250 g/mol. The third-order valence-corrected chi connectivity index (χ3v) is 3.53. The summed E-state index contributed by atoms with van der Waals surface area (Å²) >= 11 is 7.43. The van der Waals surface area contributed by atoms with Crippen LogP contribution in [0.2, 0.25) is 5.02 Å². The maximum atomic E-state index is 5.84. The standard InChI is InChI=1S/C11H8ClN3S/c1-7-6-16-11-13-10(14-15(7)11)8-2-4-9(12)5-3-8/h2-6H,1H3. The Morgan fingerprint density at radius 2 is 2.00 bits per heavy atom. The van der Waals surface area contributed by atoms with E-state index in [0.29, 0.717) is 0 Å². The molecule has 1 aromatic carbocycles. The molecule has 3 nitrogen and oxygen atoms in total. The molecule has 0 aliphatic rings. The van der Waals surface area contributed by atoms with E-state index < -0.39 is 0 Å². The van der Waals surface area contributed by atoms with Crippen molar-refractivity contribution >= 4 is 27.9 Å². The summed E-state index contributed by atoms with van der Waals surface area (Å²) in [7, 11) is 0. The van der Waals surface area contributed by atoms with Crippen molar-refractivity contribution in [1.82, 2.24) is 14.6 Å². The Morgan fingerprint density at radius 3 is 2.69 bits per heavy atom. The monoisotopic (exact) mass is 249 g/mol. The highest BCUT2D eigenvalue weighted by Gasteiger charge is 2.08. The summed E-state index contributed by atoms with van der Waals surface area (Å²) in [6.45, 7) is 2.02. The van der Waals surface area contributed by atoms with E-state index in [1.54, 1.807) is 11.3 Å². The van der Waals surface area contributed by atoms with Gasteiger partial charge in [-0.25, -0.2) is 4.52 Å². The Kier molecular flexibility index (Phi) is 2.19. The number of hydrogen-bond donors (Lipinski definition) is 0. The van der Waals surface area contributed by atoms with E-state index in [1.807, 2.05) is 41.1 Å². The van der Waals surface area contributed by atoms with Crippen molar-refractivity contribution < 1.29 is 0 Å². The molecule has 0 N–H and O–H groups in total. The first-order chi connectivity index (χ1) is 7.74. The van der Waals surface area contributed by atoms with Crippen LogP contribution in [0.3, 0.4) is 0 Å². The van der Waals surface area contributed by atoms with Gasteiger partial charge >= 0.3 is 0 Å². The molecule has 0 amide bonds. The van der Waals surface area contributed by atoms with Crippen LogP contribution in [0.5, 0.6) is 0 Å². The molecule has 0 spiro atoms. The fourth-order valence-corrected chi connectivity index (χ4v) is 2.44. The van der Waals surface area contributed by atoms with Gasteiger partial charge < -0.3 is 0 Å². The second-order valence-electron chi connectivity index (χ2n) is 3.51. The Morgan fingerprint density at radius 1 is 1.25 bits per heavy atom. The zero-order valence-corrected chi connectivity index (χ0v) is 10.1. The third kappa shape index (κ3) is 1.50. The lowest BCUT2D eigenvalue weighted by molar-refractivity contribution is 0.936. The number of rotatable bonds is 1. The van der Waals surface area contributed by atoms with Crippen molar-refractivity contribution in [1.29, 1.82) is 0 Å². The SMILES string of the molecule is Cc1csc2nc(-c3ccc(Cl)cc3)nn12. The minimum atomic E-state index is 0.723. The van der Waals surface area contributed by atoms with E-state index in [1.165, 1.54) is 0 Å². The van der Waals surface area contributed by atoms with Crippen LogP contribution in [0.25, 0.3) is 16.3 Å².